The summed E-state index contributed by atoms with van der Waals surface area (Å²) in [6.07, 6.45) is 0. The van der Waals surface area contributed by atoms with Crippen LogP contribution >= 0.6 is 0 Å². The first-order chi connectivity index (χ1) is 12.9. The number of rotatable bonds is 5. The molecule has 1 amide bonds. The number of nitrogens with zero attached hydrogens (tertiary/aromatic N) is 2. The second kappa shape index (κ2) is 8.21. The van der Waals surface area contributed by atoms with Gasteiger partial charge in [-0.25, -0.2) is 8.42 Å². The van der Waals surface area contributed by atoms with Crippen molar-refractivity contribution in [2.45, 2.75) is 18.7 Å². The molecule has 0 saturated carbocycles. The first kappa shape index (κ1) is 19.5. The number of hydrogen-bond acceptors (Lipinski definition) is 4. The van der Waals surface area contributed by atoms with Gasteiger partial charge in [0.1, 0.15) is 0 Å². The number of carbonyl (C=O) groups is 1. The van der Waals surface area contributed by atoms with Crippen LogP contribution in [0.25, 0.3) is 0 Å². The van der Waals surface area contributed by atoms with Crippen LogP contribution in [0.1, 0.15) is 11.1 Å². The van der Waals surface area contributed by atoms with Gasteiger partial charge in [0.05, 0.1) is 11.4 Å². The van der Waals surface area contributed by atoms with Crippen molar-refractivity contribution in [3.8, 4) is 0 Å². The van der Waals surface area contributed by atoms with Gasteiger partial charge in [0.25, 0.3) is 0 Å². The Kier molecular flexibility index (Phi) is 5.94. The van der Waals surface area contributed by atoms with E-state index < -0.39 is 10.0 Å². The van der Waals surface area contributed by atoms with Gasteiger partial charge in [-0.15, -0.1) is 0 Å². The number of para-hydroxylation sites is 1. The highest BCUT2D eigenvalue weighted by atomic mass is 32.2. The van der Waals surface area contributed by atoms with Gasteiger partial charge in [-0.2, -0.15) is 4.31 Å². The third kappa shape index (κ3) is 4.74. The average Bonchev–Trinajstić information content (AvgIpc) is 2.65. The van der Waals surface area contributed by atoms with E-state index in [1.165, 1.54) is 4.31 Å². The number of amides is 1. The number of sulfonamides is 1. The van der Waals surface area contributed by atoms with Crippen LogP contribution in [0, 0.1) is 13.8 Å². The minimum absolute atomic E-state index is 0.0907. The lowest BCUT2D eigenvalue weighted by atomic mass is 10.2. The van der Waals surface area contributed by atoms with E-state index in [0.717, 1.165) is 16.8 Å². The topological polar surface area (TPSA) is 69.7 Å². The van der Waals surface area contributed by atoms with E-state index in [-0.39, 0.29) is 12.5 Å². The smallest absolute Gasteiger partial charge is 0.243 e. The predicted molar refractivity (Wildman–Crippen MR) is 106 cm³/mol. The second-order valence-electron chi connectivity index (χ2n) is 6.86. The third-order valence-electron chi connectivity index (χ3n) is 4.72. The van der Waals surface area contributed by atoms with Crippen LogP contribution in [0.15, 0.2) is 53.4 Å². The van der Waals surface area contributed by atoms with Crippen molar-refractivity contribution in [2.24, 2.45) is 0 Å². The van der Waals surface area contributed by atoms with Gasteiger partial charge in [0.2, 0.25) is 15.9 Å². The Morgan fingerprint density at radius 2 is 1.67 bits per heavy atom. The molecule has 0 atom stereocenters. The van der Waals surface area contributed by atoms with Crippen LogP contribution in [0.4, 0.5) is 5.69 Å². The lowest BCUT2D eigenvalue weighted by Gasteiger charge is -2.33. The molecule has 1 aliphatic heterocycles. The quantitative estimate of drug-likeness (QED) is 0.854. The van der Waals surface area contributed by atoms with Gasteiger partial charge in [-0.05, 0) is 43.2 Å². The lowest BCUT2D eigenvalue weighted by molar-refractivity contribution is -0.117. The Morgan fingerprint density at radius 1 is 1.00 bits per heavy atom. The molecule has 1 saturated heterocycles. The highest BCUT2D eigenvalue weighted by Crippen LogP contribution is 2.22. The average molecular weight is 388 g/mol. The molecule has 6 nitrogen and oxygen atoms in total. The van der Waals surface area contributed by atoms with Crippen LogP contribution in [0.3, 0.4) is 0 Å². The molecule has 1 N–H and O–H groups in total. The zero-order chi connectivity index (χ0) is 19.4. The van der Waals surface area contributed by atoms with E-state index in [2.05, 4.69) is 5.32 Å². The minimum Gasteiger partial charge on any atom is -0.325 e. The second-order valence-corrected chi connectivity index (χ2v) is 8.77. The highest BCUT2D eigenvalue weighted by molar-refractivity contribution is 7.89. The molecule has 1 fully saturated rings. The number of nitrogens with one attached hydrogen (secondary N) is 1. The van der Waals surface area contributed by atoms with Crippen LogP contribution in [-0.2, 0) is 14.8 Å². The van der Waals surface area contributed by atoms with E-state index in [9.17, 15) is 13.2 Å². The standard InChI is InChI=1S/C20H25N3O3S/c1-16-8-9-17(2)19(14-16)27(25,26)23-12-10-22(11-13-23)15-20(24)21-18-6-4-3-5-7-18/h3-9,14H,10-13,15H2,1-2H3,(H,21,24). The van der Waals surface area contributed by atoms with E-state index in [1.807, 2.05) is 61.2 Å². The molecular formula is C20H25N3O3S. The van der Waals surface area contributed by atoms with Gasteiger partial charge >= 0.3 is 0 Å². The summed E-state index contributed by atoms with van der Waals surface area (Å²) in [5.74, 6) is -0.0907. The molecule has 0 aliphatic carbocycles. The molecule has 1 aliphatic rings. The molecule has 144 valence electrons. The van der Waals surface area contributed by atoms with Crippen molar-refractivity contribution in [1.29, 1.82) is 0 Å². The summed E-state index contributed by atoms with van der Waals surface area (Å²) in [5, 5.41) is 2.86. The molecule has 27 heavy (non-hydrogen) atoms. The molecule has 1 heterocycles. The summed E-state index contributed by atoms with van der Waals surface area (Å²) in [5.41, 5.74) is 2.44. The fourth-order valence-corrected chi connectivity index (χ4v) is 4.91. The first-order valence-electron chi connectivity index (χ1n) is 9.01. The van der Waals surface area contributed by atoms with Gasteiger partial charge in [-0.1, -0.05) is 30.3 Å². The van der Waals surface area contributed by atoms with Crippen LogP contribution in [-0.4, -0.2) is 56.3 Å². The van der Waals surface area contributed by atoms with Crippen LogP contribution in [0.5, 0.6) is 0 Å². The molecule has 0 aromatic heterocycles. The van der Waals surface area contributed by atoms with E-state index >= 15 is 0 Å². The number of piperazine rings is 1. The zero-order valence-electron chi connectivity index (χ0n) is 15.7. The molecule has 0 unspecified atom stereocenters. The van der Waals surface area contributed by atoms with Crippen molar-refractivity contribution in [2.75, 3.05) is 38.0 Å². The Labute approximate surface area is 160 Å². The number of anilines is 1. The van der Waals surface area contributed by atoms with Gasteiger partial charge < -0.3 is 5.32 Å². The maximum atomic E-state index is 13.0. The Balaban J connectivity index is 1.58. The molecule has 0 spiro atoms. The minimum atomic E-state index is -3.51. The Bertz CT molecular complexity index is 905. The van der Waals surface area contributed by atoms with Crippen molar-refractivity contribution in [1.82, 2.24) is 9.21 Å². The number of benzene rings is 2. The van der Waals surface area contributed by atoms with Crippen molar-refractivity contribution in [3.05, 3.63) is 59.7 Å². The number of hydrogen-bond donors (Lipinski definition) is 1. The fraction of sp³-hybridized carbons (Fsp3) is 0.350. The van der Waals surface area contributed by atoms with E-state index in [1.54, 1.807) is 6.07 Å². The molecule has 2 aromatic rings. The Hall–Kier alpha value is -2.22. The van der Waals surface area contributed by atoms with Crippen LogP contribution in [0.2, 0.25) is 0 Å². The summed E-state index contributed by atoms with van der Waals surface area (Å²) in [7, 11) is -3.51. The summed E-state index contributed by atoms with van der Waals surface area (Å²) < 4.78 is 27.4. The van der Waals surface area contributed by atoms with Crippen molar-refractivity contribution < 1.29 is 13.2 Å². The van der Waals surface area contributed by atoms with Crippen molar-refractivity contribution in [3.63, 3.8) is 0 Å². The zero-order valence-corrected chi connectivity index (χ0v) is 16.5. The summed E-state index contributed by atoms with van der Waals surface area (Å²) in [6.45, 7) is 5.80. The normalized spacial score (nSPS) is 16.2. The van der Waals surface area contributed by atoms with Crippen LogP contribution < -0.4 is 5.32 Å². The first-order valence-corrected chi connectivity index (χ1v) is 10.4. The molecule has 0 bridgehead atoms. The largest absolute Gasteiger partial charge is 0.325 e. The summed E-state index contributed by atoms with van der Waals surface area (Å²) >= 11 is 0. The van der Waals surface area contributed by atoms with Crippen molar-refractivity contribution >= 4 is 21.6 Å². The maximum Gasteiger partial charge on any atom is 0.243 e. The molecule has 7 heteroatoms. The highest BCUT2D eigenvalue weighted by Gasteiger charge is 2.30. The van der Waals surface area contributed by atoms with Gasteiger partial charge in [0, 0.05) is 31.9 Å². The molecule has 3 rings (SSSR count). The SMILES string of the molecule is Cc1ccc(C)c(S(=O)(=O)N2CCN(CC(=O)Nc3ccccc3)CC2)c1. The lowest BCUT2D eigenvalue weighted by Crippen LogP contribution is -2.50. The van der Waals surface area contributed by atoms with E-state index in [4.69, 9.17) is 0 Å². The Morgan fingerprint density at radius 3 is 2.33 bits per heavy atom. The maximum absolute atomic E-state index is 13.0. The molecular weight excluding hydrogens is 362 g/mol. The van der Waals surface area contributed by atoms with Gasteiger partial charge in [0.15, 0.2) is 0 Å². The number of aryl methyl sites for hydroxylation is 2. The predicted octanol–water partition coefficient (Wildman–Crippen LogP) is 2.25. The van der Waals surface area contributed by atoms with E-state index in [0.29, 0.717) is 31.1 Å². The van der Waals surface area contributed by atoms with Gasteiger partial charge in [-0.3, -0.25) is 9.69 Å². The fourth-order valence-electron chi connectivity index (χ4n) is 3.18. The monoisotopic (exact) mass is 387 g/mol. The summed E-state index contributed by atoms with van der Waals surface area (Å²) in [4.78, 5) is 14.5. The summed E-state index contributed by atoms with van der Waals surface area (Å²) in [6, 6.07) is 14.8. The number of carbonyl (C=O) groups excluding carboxylic acids is 1. The molecule has 2 aromatic carbocycles. The third-order valence-corrected chi connectivity index (χ3v) is 6.76. The molecule has 0 radical (unpaired) electrons.